The third kappa shape index (κ3) is 3.84. The van der Waals surface area contributed by atoms with E-state index in [1.165, 1.54) is 83.8 Å². The summed E-state index contributed by atoms with van der Waals surface area (Å²) in [6.07, 6.45) is 4.52. The van der Waals surface area contributed by atoms with Crippen molar-refractivity contribution in [2.24, 2.45) is 0 Å². The van der Waals surface area contributed by atoms with Crippen LogP contribution in [0.5, 0.6) is 0 Å². The minimum Gasteiger partial charge on any atom is -0.310 e. The molecule has 0 N–H and O–H groups in total. The zero-order valence-corrected chi connectivity index (χ0v) is 29.9. The van der Waals surface area contributed by atoms with Crippen LogP contribution in [0.15, 0.2) is 164 Å². The maximum atomic E-state index is 2.57. The number of benzene rings is 7. The molecule has 0 aliphatic heterocycles. The van der Waals surface area contributed by atoms with Gasteiger partial charge in [-0.3, -0.25) is 0 Å². The van der Waals surface area contributed by atoms with Gasteiger partial charge in [0.1, 0.15) is 0 Å². The van der Waals surface area contributed by atoms with Crippen molar-refractivity contribution in [2.75, 3.05) is 4.90 Å². The molecule has 0 saturated heterocycles. The number of hydrogen-bond acceptors (Lipinski definition) is 1. The van der Waals surface area contributed by atoms with Crippen LogP contribution in [0.2, 0.25) is 0 Å². The van der Waals surface area contributed by atoms with Crippen LogP contribution in [0.25, 0.3) is 33.4 Å². The lowest BCUT2D eigenvalue weighted by molar-refractivity contribution is 0.265. The summed E-state index contributed by atoms with van der Waals surface area (Å²) in [7, 11) is 0. The van der Waals surface area contributed by atoms with Crippen LogP contribution < -0.4 is 4.90 Å². The quantitative estimate of drug-likeness (QED) is 0.181. The topological polar surface area (TPSA) is 3.24 Å². The molecule has 0 heterocycles. The third-order valence-electron chi connectivity index (χ3n) is 13.5. The van der Waals surface area contributed by atoms with Crippen molar-refractivity contribution >= 4 is 17.1 Å². The average Bonchev–Trinajstić information content (AvgIpc) is 3.73. The van der Waals surface area contributed by atoms with E-state index in [1.54, 1.807) is 0 Å². The molecule has 1 heteroatoms. The molecule has 1 saturated carbocycles. The molecule has 7 aromatic carbocycles. The highest BCUT2D eigenvalue weighted by Gasteiger charge is 2.53. The van der Waals surface area contributed by atoms with Gasteiger partial charge < -0.3 is 4.90 Å². The second kappa shape index (κ2) is 10.7. The van der Waals surface area contributed by atoms with Gasteiger partial charge in [0.05, 0.1) is 5.69 Å². The van der Waals surface area contributed by atoms with E-state index in [4.69, 9.17) is 0 Å². The van der Waals surface area contributed by atoms with E-state index in [0.717, 1.165) is 25.7 Å². The average molecular weight is 668 g/mol. The lowest BCUT2D eigenvalue weighted by Gasteiger charge is -2.45. The predicted molar refractivity (Wildman–Crippen MR) is 216 cm³/mol. The Morgan fingerprint density at radius 1 is 0.365 bits per heavy atom. The van der Waals surface area contributed by atoms with E-state index >= 15 is 0 Å². The Morgan fingerprint density at radius 2 is 0.827 bits per heavy atom. The lowest BCUT2D eigenvalue weighted by Crippen LogP contribution is -2.39. The maximum absolute atomic E-state index is 2.57. The van der Waals surface area contributed by atoms with Crippen LogP contribution >= 0.6 is 0 Å². The van der Waals surface area contributed by atoms with E-state index in [0.29, 0.717) is 0 Å². The Balaban J connectivity index is 1.09. The fraction of sp³-hybridized carbons (Fsp3) is 0.176. The lowest BCUT2D eigenvalue weighted by atomic mass is 9.57. The number of fused-ring (bicyclic) bond motifs is 13. The van der Waals surface area contributed by atoms with Crippen molar-refractivity contribution in [3.8, 4) is 33.4 Å². The van der Waals surface area contributed by atoms with Crippen LogP contribution in [0.4, 0.5) is 17.1 Å². The second-order valence-electron chi connectivity index (χ2n) is 16.1. The molecule has 11 rings (SSSR count). The summed E-state index contributed by atoms with van der Waals surface area (Å²) in [5.41, 5.74) is 20.9. The normalized spacial score (nSPS) is 17.2. The van der Waals surface area contributed by atoms with E-state index in [1.807, 2.05) is 0 Å². The molecule has 0 atom stereocenters. The molecule has 0 unspecified atom stereocenters. The van der Waals surface area contributed by atoms with Crippen molar-refractivity contribution in [3.05, 3.63) is 197 Å². The number of anilines is 3. The van der Waals surface area contributed by atoms with Gasteiger partial charge in [-0.25, -0.2) is 0 Å². The summed E-state index contributed by atoms with van der Waals surface area (Å²) in [6.45, 7) is 4.75. The van der Waals surface area contributed by atoms with E-state index in [9.17, 15) is 0 Å². The summed E-state index contributed by atoms with van der Waals surface area (Å²) in [4.78, 5) is 2.53. The van der Waals surface area contributed by atoms with Crippen molar-refractivity contribution in [1.82, 2.24) is 0 Å². The molecule has 4 aliphatic carbocycles. The fourth-order valence-electron chi connectivity index (χ4n) is 11.1. The standard InChI is InChI=1S/C51H41N/c1-49(2)41-21-10-9-20-40(41)48-45(49)25-14-26-47(48)52(34-15-4-3-5-16-34)35-27-28-39-38-19-8-13-24-44(38)51(46(39)33-35)31-29-50(30-32-51)42-22-11-6-17-36(42)37-18-7-12-23-43(37)50/h3-28,33H,29-32H2,1-2H3. The van der Waals surface area contributed by atoms with Gasteiger partial charge in [0.15, 0.2) is 0 Å². The van der Waals surface area contributed by atoms with Gasteiger partial charge in [0, 0.05) is 33.2 Å². The minimum absolute atomic E-state index is 0.0325. The monoisotopic (exact) mass is 667 g/mol. The van der Waals surface area contributed by atoms with Gasteiger partial charge in [-0.15, -0.1) is 0 Å². The maximum Gasteiger partial charge on any atom is 0.0543 e. The Morgan fingerprint density at radius 3 is 1.42 bits per heavy atom. The Hall–Kier alpha value is -5.66. The summed E-state index contributed by atoms with van der Waals surface area (Å²) in [5.74, 6) is 0. The van der Waals surface area contributed by atoms with Crippen LogP contribution in [0.3, 0.4) is 0 Å². The van der Waals surface area contributed by atoms with Gasteiger partial charge >= 0.3 is 0 Å². The highest BCUT2D eigenvalue weighted by atomic mass is 15.1. The van der Waals surface area contributed by atoms with Crippen LogP contribution in [0, 0.1) is 0 Å². The van der Waals surface area contributed by atoms with Gasteiger partial charge in [-0.2, -0.15) is 0 Å². The van der Waals surface area contributed by atoms with Crippen LogP contribution in [-0.4, -0.2) is 0 Å². The summed E-state index contributed by atoms with van der Waals surface area (Å²) in [6, 6.07) is 62.1. The third-order valence-corrected chi connectivity index (χ3v) is 13.5. The molecule has 4 aliphatic rings. The number of hydrogen-bond donors (Lipinski definition) is 0. The molecule has 1 nitrogen and oxygen atoms in total. The molecule has 0 bridgehead atoms. The van der Waals surface area contributed by atoms with Crippen molar-refractivity contribution in [2.45, 2.75) is 55.8 Å². The van der Waals surface area contributed by atoms with Crippen LogP contribution in [-0.2, 0) is 16.2 Å². The zero-order chi connectivity index (χ0) is 34.7. The minimum atomic E-state index is -0.0660. The second-order valence-corrected chi connectivity index (χ2v) is 16.1. The Bertz CT molecular complexity index is 2520. The van der Waals surface area contributed by atoms with E-state index < -0.39 is 0 Å². The molecule has 0 amide bonds. The smallest absolute Gasteiger partial charge is 0.0543 e. The molecule has 7 aromatic rings. The molecule has 2 spiro atoms. The summed E-state index contributed by atoms with van der Waals surface area (Å²) >= 11 is 0. The molecular formula is C51H41N. The number of rotatable bonds is 3. The molecule has 1 fully saturated rings. The van der Waals surface area contributed by atoms with Gasteiger partial charge in [0.2, 0.25) is 0 Å². The first-order valence-electron chi connectivity index (χ1n) is 19.0. The summed E-state index contributed by atoms with van der Waals surface area (Å²) < 4.78 is 0. The highest BCUT2D eigenvalue weighted by molar-refractivity contribution is 5.96. The van der Waals surface area contributed by atoms with E-state index in [2.05, 4.69) is 183 Å². The van der Waals surface area contributed by atoms with Crippen molar-refractivity contribution in [1.29, 1.82) is 0 Å². The van der Waals surface area contributed by atoms with Crippen molar-refractivity contribution in [3.63, 3.8) is 0 Å². The predicted octanol–water partition coefficient (Wildman–Crippen LogP) is 13.3. The molecule has 52 heavy (non-hydrogen) atoms. The SMILES string of the molecule is CC1(C)c2ccccc2-c2c(N(c3ccccc3)c3ccc4c(c3)C3(CCC5(CC3)c3ccccc3-c3ccccc35)c3ccccc3-4)cccc21. The van der Waals surface area contributed by atoms with Gasteiger partial charge in [-0.1, -0.05) is 147 Å². The van der Waals surface area contributed by atoms with Crippen LogP contribution in [0.1, 0.15) is 72.9 Å². The van der Waals surface area contributed by atoms with E-state index in [-0.39, 0.29) is 16.2 Å². The molecular weight excluding hydrogens is 627 g/mol. The summed E-state index contributed by atoms with van der Waals surface area (Å²) in [5, 5.41) is 0. The van der Waals surface area contributed by atoms with Gasteiger partial charge in [0.25, 0.3) is 0 Å². The van der Waals surface area contributed by atoms with Crippen molar-refractivity contribution < 1.29 is 0 Å². The first-order valence-corrected chi connectivity index (χ1v) is 19.0. The Labute approximate surface area is 307 Å². The first-order chi connectivity index (χ1) is 25.5. The number of nitrogens with zero attached hydrogens (tertiary/aromatic N) is 1. The fourth-order valence-corrected chi connectivity index (χ4v) is 11.1. The number of para-hydroxylation sites is 1. The molecule has 0 aromatic heterocycles. The molecule has 250 valence electrons. The highest BCUT2D eigenvalue weighted by Crippen LogP contribution is 2.64. The zero-order valence-electron chi connectivity index (χ0n) is 29.9. The largest absolute Gasteiger partial charge is 0.310 e. The molecule has 0 radical (unpaired) electrons. The van der Waals surface area contributed by atoms with Gasteiger partial charge in [-0.05, 0) is 117 Å². The first kappa shape index (κ1) is 30.0. The Kier molecular flexibility index (Phi) is 6.17.